The SMILES string of the molecule is NS(=O)(=O)c1cccc(CNC(=O)c2ccc(Cl)cc2Cl)c1. The van der Waals surface area contributed by atoms with Gasteiger partial charge in [0.1, 0.15) is 0 Å². The number of rotatable bonds is 4. The van der Waals surface area contributed by atoms with E-state index in [1.807, 2.05) is 0 Å². The van der Waals surface area contributed by atoms with Crippen LogP contribution in [-0.4, -0.2) is 14.3 Å². The lowest BCUT2D eigenvalue weighted by Gasteiger charge is -2.08. The lowest BCUT2D eigenvalue weighted by atomic mass is 10.2. The summed E-state index contributed by atoms with van der Waals surface area (Å²) in [5, 5.41) is 8.39. The van der Waals surface area contributed by atoms with Crippen molar-refractivity contribution < 1.29 is 13.2 Å². The molecule has 0 saturated carbocycles. The van der Waals surface area contributed by atoms with Crippen LogP contribution in [0.4, 0.5) is 0 Å². The monoisotopic (exact) mass is 358 g/mol. The Morgan fingerprint density at radius 1 is 1.14 bits per heavy atom. The van der Waals surface area contributed by atoms with Crippen molar-refractivity contribution >= 4 is 39.1 Å². The van der Waals surface area contributed by atoms with Crippen LogP contribution < -0.4 is 10.5 Å². The van der Waals surface area contributed by atoms with Crippen molar-refractivity contribution in [3.63, 3.8) is 0 Å². The minimum absolute atomic E-state index is 0.0104. The van der Waals surface area contributed by atoms with Gasteiger partial charge in [0.25, 0.3) is 5.91 Å². The van der Waals surface area contributed by atoms with Crippen molar-refractivity contribution in [2.75, 3.05) is 0 Å². The highest BCUT2D eigenvalue weighted by molar-refractivity contribution is 7.89. The molecule has 0 spiro atoms. The Morgan fingerprint density at radius 3 is 2.50 bits per heavy atom. The molecule has 2 rings (SSSR count). The minimum Gasteiger partial charge on any atom is -0.348 e. The van der Waals surface area contributed by atoms with E-state index in [0.29, 0.717) is 10.6 Å². The molecule has 0 atom stereocenters. The van der Waals surface area contributed by atoms with Gasteiger partial charge >= 0.3 is 0 Å². The molecule has 1 amide bonds. The summed E-state index contributed by atoms with van der Waals surface area (Å²) in [6, 6.07) is 10.6. The van der Waals surface area contributed by atoms with Gasteiger partial charge in [-0.05, 0) is 35.9 Å². The Kier molecular flexibility index (Phi) is 5.08. The first-order valence-corrected chi connectivity index (χ1v) is 8.42. The van der Waals surface area contributed by atoms with Crippen LogP contribution in [0.25, 0.3) is 0 Å². The highest BCUT2D eigenvalue weighted by Gasteiger charge is 2.12. The van der Waals surface area contributed by atoms with Gasteiger partial charge in [-0.2, -0.15) is 0 Å². The van der Waals surface area contributed by atoms with Crippen LogP contribution in [0.5, 0.6) is 0 Å². The molecule has 8 heteroatoms. The van der Waals surface area contributed by atoms with Gasteiger partial charge in [-0.1, -0.05) is 35.3 Å². The third kappa shape index (κ3) is 4.20. The first-order chi connectivity index (χ1) is 10.3. The largest absolute Gasteiger partial charge is 0.348 e. The van der Waals surface area contributed by atoms with Crippen LogP contribution in [0.1, 0.15) is 15.9 Å². The molecule has 5 nitrogen and oxygen atoms in total. The van der Waals surface area contributed by atoms with Crippen molar-refractivity contribution in [3.05, 3.63) is 63.6 Å². The summed E-state index contributed by atoms with van der Waals surface area (Å²) in [6.07, 6.45) is 0. The molecule has 0 aliphatic rings. The molecule has 2 aromatic carbocycles. The van der Waals surface area contributed by atoms with Crippen LogP contribution in [-0.2, 0) is 16.6 Å². The van der Waals surface area contributed by atoms with E-state index < -0.39 is 10.0 Å². The molecule has 2 aromatic rings. The fourth-order valence-electron chi connectivity index (χ4n) is 1.78. The Bertz CT molecular complexity index is 823. The van der Waals surface area contributed by atoms with Crippen molar-refractivity contribution in [2.24, 2.45) is 5.14 Å². The van der Waals surface area contributed by atoms with Crippen molar-refractivity contribution in [1.29, 1.82) is 0 Å². The zero-order valence-corrected chi connectivity index (χ0v) is 13.5. The van der Waals surface area contributed by atoms with Gasteiger partial charge in [0.15, 0.2) is 0 Å². The summed E-state index contributed by atoms with van der Waals surface area (Å²) < 4.78 is 22.6. The predicted molar refractivity (Wildman–Crippen MR) is 85.4 cm³/mol. The third-order valence-electron chi connectivity index (χ3n) is 2.86. The Balaban J connectivity index is 2.11. The van der Waals surface area contributed by atoms with Crippen molar-refractivity contribution in [2.45, 2.75) is 11.4 Å². The molecule has 0 saturated heterocycles. The third-order valence-corrected chi connectivity index (χ3v) is 4.31. The Labute approximate surface area is 138 Å². The summed E-state index contributed by atoms with van der Waals surface area (Å²) in [6.45, 7) is 0.140. The second-order valence-electron chi connectivity index (χ2n) is 4.50. The van der Waals surface area contributed by atoms with E-state index >= 15 is 0 Å². The molecule has 0 radical (unpaired) electrons. The normalized spacial score (nSPS) is 11.2. The van der Waals surface area contributed by atoms with E-state index in [1.165, 1.54) is 24.3 Å². The number of nitrogens with one attached hydrogen (secondary N) is 1. The number of amides is 1. The maximum Gasteiger partial charge on any atom is 0.253 e. The molecule has 22 heavy (non-hydrogen) atoms. The quantitative estimate of drug-likeness (QED) is 0.879. The van der Waals surface area contributed by atoms with E-state index in [2.05, 4.69) is 5.32 Å². The van der Waals surface area contributed by atoms with Gasteiger partial charge in [-0.3, -0.25) is 4.79 Å². The topological polar surface area (TPSA) is 89.3 Å². The average molecular weight is 359 g/mol. The van der Waals surface area contributed by atoms with Gasteiger partial charge in [-0.15, -0.1) is 0 Å². The van der Waals surface area contributed by atoms with E-state index in [0.717, 1.165) is 0 Å². The molecule has 0 unspecified atom stereocenters. The predicted octanol–water partition coefficient (Wildman–Crippen LogP) is 2.57. The van der Waals surface area contributed by atoms with E-state index in [1.54, 1.807) is 18.2 Å². The molecule has 0 heterocycles. The van der Waals surface area contributed by atoms with Crippen molar-refractivity contribution in [1.82, 2.24) is 5.32 Å². The lowest BCUT2D eigenvalue weighted by molar-refractivity contribution is 0.0951. The summed E-state index contributed by atoms with van der Waals surface area (Å²) in [5.41, 5.74) is 0.888. The maximum absolute atomic E-state index is 12.1. The smallest absolute Gasteiger partial charge is 0.253 e. The second-order valence-corrected chi connectivity index (χ2v) is 6.90. The van der Waals surface area contributed by atoms with E-state index in [4.69, 9.17) is 28.3 Å². The van der Waals surface area contributed by atoms with Crippen LogP contribution in [0.2, 0.25) is 10.0 Å². The average Bonchev–Trinajstić information content (AvgIpc) is 2.44. The van der Waals surface area contributed by atoms with Gasteiger partial charge in [0.05, 0.1) is 15.5 Å². The highest BCUT2D eigenvalue weighted by atomic mass is 35.5. The van der Waals surface area contributed by atoms with Crippen molar-refractivity contribution in [3.8, 4) is 0 Å². The number of halogens is 2. The summed E-state index contributed by atoms with van der Waals surface area (Å²) in [4.78, 5) is 12.0. The fourth-order valence-corrected chi connectivity index (χ4v) is 2.86. The number of benzene rings is 2. The molecule has 3 N–H and O–H groups in total. The van der Waals surface area contributed by atoms with E-state index in [9.17, 15) is 13.2 Å². The van der Waals surface area contributed by atoms with Gasteiger partial charge in [0.2, 0.25) is 10.0 Å². The zero-order valence-electron chi connectivity index (χ0n) is 11.2. The molecule has 0 aliphatic heterocycles. The number of nitrogens with two attached hydrogens (primary N) is 1. The number of sulfonamides is 1. The Hall–Kier alpha value is -1.60. The molecule has 0 aliphatic carbocycles. The minimum atomic E-state index is -3.78. The van der Waals surface area contributed by atoms with Gasteiger partial charge in [-0.25, -0.2) is 13.6 Å². The molecule has 0 fully saturated rings. The highest BCUT2D eigenvalue weighted by Crippen LogP contribution is 2.21. The zero-order chi connectivity index (χ0) is 16.3. The molecule has 0 aromatic heterocycles. The number of hydrogen-bond acceptors (Lipinski definition) is 3. The number of carbonyl (C=O) groups excluding carboxylic acids is 1. The maximum atomic E-state index is 12.1. The first-order valence-electron chi connectivity index (χ1n) is 6.12. The van der Waals surface area contributed by atoms with Crippen LogP contribution >= 0.6 is 23.2 Å². The van der Waals surface area contributed by atoms with Crippen LogP contribution in [0.15, 0.2) is 47.4 Å². The van der Waals surface area contributed by atoms with E-state index in [-0.39, 0.29) is 27.9 Å². The molecule has 116 valence electrons. The van der Waals surface area contributed by atoms with Crippen LogP contribution in [0.3, 0.4) is 0 Å². The molecule has 0 bridgehead atoms. The number of primary sulfonamides is 1. The molecular formula is C14H12Cl2N2O3S. The second kappa shape index (κ2) is 6.66. The lowest BCUT2D eigenvalue weighted by Crippen LogP contribution is -2.23. The summed E-state index contributed by atoms with van der Waals surface area (Å²) in [5.74, 6) is -0.386. The fraction of sp³-hybridized carbons (Fsp3) is 0.0714. The summed E-state index contributed by atoms with van der Waals surface area (Å²) in [7, 11) is -3.78. The molecular weight excluding hydrogens is 347 g/mol. The first kappa shape index (κ1) is 16.8. The number of carbonyl (C=O) groups is 1. The van der Waals surface area contributed by atoms with Gasteiger partial charge in [0, 0.05) is 11.6 Å². The van der Waals surface area contributed by atoms with Crippen LogP contribution in [0, 0.1) is 0 Å². The van der Waals surface area contributed by atoms with Gasteiger partial charge < -0.3 is 5.32 Å². The standard InChI is InChI=1S/C14H12Cl2N2O3S/c15-10-4-5-12(13(16)7-10)14(19)18-8-9-2-1-3-11(6-9)22(17,20)21/h1-7H,8H2,(H,18,19)(H2,17,20,21). The Morgan fingerprint density at radius 2 is 1.86 bits per heavy atom. The summed E-state index contributed by atoms with van der Waals surface area (Å²) >= 11 is 11.7. The number of hydrogen-bond donors (Lipinski definition) is 2.